The molecule has 3 aliphatic heterocycles. The third kappa shape index (κ3) is 5.91. The Bertz CT molecular complexity index is 1990. The number of nitrogens with zero attached hydrogens (tertiary/aromatic N) is 5. The molecule has 4 unspecified atom stereocenters. The van der Waals surface area contributed by atoms with Gasteiger partial charge in [0.2, 0.25) is 0 Å². The van der Waals surface area contributed by atoms with Crippen LogP contribution in [0.3, 0.4) is 0 Å². The fourth-order valence-electron chi connectivity index (χ4n) is 9.16. The van der Waals surface area contributed by atoms with E-state index in [1.54, 1.807) is 6.92 Å². The van der Waals surface area contributed by atoms with E-state index in [0.717, 1.165) is 71.1 Å². The molecule has 4 fully saturated rings. The minimum atomic E-state index is -0.955. The molecule has 0 radical (unpaired) electrons. The van der Waals surface area contributed by atoms with Crippen LogP contribution in [-0.4, -0.2) is 87.2 Å². The fourth-order valence-corrected chi connectivity index (χ4v) is 9.16. The SMILES string of the molecule is C#Cc1c(F)ccc2cc(O)cc(-c3ncc4c(N5CCCC(C)(O)C5)nc(OCC56CCCC5N(CC5CCCO5)CCC6)nc4c3F)c12. The minimum absolute atomic E-state index is 0.0144. The Morgan fingerprint density at radius 2 is 1.92 bits per heavy atom. The van der Waals surface area contributed by atoms with Crippen LogP contribution in [-0.2, 0) is 4.74 Å². The van der Waals surface area contributed by atoms with E-state index in [1.807, 2.05) is 4.90 Å². The summed E-state index contributed by atoms with van der Waals surface area (Å²) < 4.78 is 44.4. The molecule has 4 aromatic rings. The number of likely N-dealkylation sites (tertiary alicyclic amines) is 1. The van der Waals surface area contributed by atoms with Crippen molar-refractivity contribution in [2.45, 2.75) is 82.5 Å². The van der Waals surface area contributed by atoms with Crippen molar-refractivity contribution in [2.75, 3.05) is 44.3 Å². The van der Waals surface area contributed by atoms with Crippen LogP contribution in [0.2, 0.25) is 0 Å². The van der Waals surface area contributed by atoms with Crippen LogP contribution in [0.15, 0.2) is 30.5 Å². The first-order valence-electron chi connectivity index (χ1n) is 17.9. The Labute approximate surface area is 290 Å². The highest BCUT2D eigenvalue weighted by atomic mass is 19.1. The summed E-state index contributed by atoms with van der Waals surface area (Å²) in [7, 11) is 0. The number of anilines is 1. The maximum Gasteiger partial charge on any atom is 0.319 e. The summed E-state index contributed by atoms with van der Waals surface area (Å²) in [6.45, 7) is 5.93. The van der Waals surface area contributed by atoms with Gasteiger partial charge in [-0.15, -0.1) is 6.42 Å². The number of phenols is 1. The molecular formula is C39H43F2N5O4. The zero-order chi connectivity index (χ0) is 34.6. The zero-order valence-electron chi connectivity index (χ0n) is 28.4. The Morgan fingerprint density at radius 1 is 1.08 bits per heavy atom. The summed E-state index contributed by atoms with van der Waals surface area (Å²) in [5, 5.41) is 22.7. The number of terminal acetylenes is 1. The summed E-state index contributed by atoms with van der Waals surface area (Å²) in [4.78, 5) is 18.6. The normalized spacial score (nSPS) is 27.1. The van der Waals surface area contributed by atoms with Crippen molar-refractivity contribution in [3.63, 3.8) is 0 Å². The first kappa shape index (κ1) is 33.1. The van der Waals surface area contributed by atoms with Crippen LogP contribution in [0.1, 0.15) is 70.3 Å². The number of piperidine rings is 2. The summed E-state index contributed by atoms with van der Waals surface area (Å²) in [5.74, 6) is 1.28. The van der Waals surface area contributed by atoms with Crippen LogP contribution >= 0.6 is 0 Å². The number of ether oxygens (including phenoxy) is 2. The van der Waals surface area contributed by atoms with Gasteiger partial charge < -0.3 is 24.6 Å². The smallest absolute Gasteiger partial charge is 0.319 e. The highest BCUT2D eigenvalue weighted by Crippen LogP contribution is 2.48. The number of benzene rings is 2. The molecular weight excluding hydrogens is 640 g/mol. The largest absolute Gasteiger partial charge is 0.508 e. The molecule has 2 N–H and O–H groups in total. The number of aliphatic hydroxyl groups is 1. The van der Waals surface area contributed by atoms with Gasteiger partial charge >= 0.3 is 6.01 Å². The van der Waals surface area contributed by atoms with Gasteiger partial charge in [0.05, 0.1) is 29.3 Å². The molecule has 0 bridgehead atoms. The second-order valence-corrected chi connectivity index (χ2v) is 15.0. The molecule has 4 atom stereocenters. The summed E-state index contributed by atoms with van der Waals surface area (Å²) >= 11 is 0. The van der Waals surface area contributed by atoms with Gasteiger partial charge in [-0.3, -0.25) is 9.88 Å². The highest BCUT2D eigenvalue weighted by Gasteiger charge is 2.49. The Balaban J connectivity index is 1.21. The van der Waals surface area contributed by atoms with Gasteiger partial charge in [-0.1, -0.05) is 18.4 Å². The molecule has 0 amide bonds. The monoisotopic (exact) mass is 683 g/mol. The van der Waals surface area contributed by atoms with Gasteiger partial charge in [-0.25, -0.2) is 8.78 Å². The molecule has 3 saturated heterocycles. The molecule has 8 rings (SSSR count). The molecule has 0 spiro atoms. The highest BCUT2D eigenvalue weighted by molar-refractivity contribution is 6.03. The quantitative estimate of drug-likeness (QED) is 0.216. The van der Waals surface area contributed by atoms with E-state index < -0.39 is 17.2 Å². The molecule has 1 saturated carbocycles. The summed E-state index contributed by atoms with van der Waals surface area (Å²) in [6.07, 6.45) is 16.4. The maximum absolute atomic E-state index is 17.0. The van der Waals surface area contributed by atoms with Crippen molar-refractivity contribution < 1.29 is 28.5 Å². The van der Waals surface area contributed by atoms with Crippen LogP contribution in [0.5, 0.6) is 11.8 Å². The van der Waals surface area contributed by atoms with E-state index in [1.165, 1.54) is 30.5 Å². The standard InChI is InChI=1S/C39H43F2N5O4/c1-3-27-30(40)11-10-24-18-25(47)19-28(32(24)27)34-33(41)35-29(20-42-34)36(46-16-6-12-38(2,48)22-46)44-37(43-35)50-23-39-13-4-9-31(39)45(15-7-14-39)21-26-8-5-17-49-26/h1,10-11,18-20,26,31,47-48H,4-9,12-17,21-23H2,2H3. The molecule has 9 nitrogen and oxygen atoms in total. The average Bonchev–Trinajstić information content (AvgIpc) is 3.78. The van der Waals surface area contributed by atoms with Crippen molar-refractivity contribution >= 4 is 27.5 Å². The van der Waals surface area contributed by atoms with Crippen molar-refractivity contribution in [3.05, 3.63) is 47.7 Å². The lowest BCUT2D eigenvalue weighted by Crippen LogP contribution is -2.53. The first-order chi connectivity index (χ1) is 24.1. The number of fused-ring (bicyclic) bond motifs is 3. The zero-order valence-corrected chi connectivity index (χ0v) is 28.4. The van der Waals surface area contributed by atoms with E-state index in [2.05, 4.69) is 20.8 Å². The third-order valence-electron chi connectivity index (χ3n) is 11.4. The van der Waals surface area contributed by atoms with Crippen LogP contribution in [0, 0.1) is 29.4 Å². The number of halogens is 2. The second-order valence-electron chi connectivity index (χ2n) is 15.0. The van der Waals surface area contributed by atoms with Gasteiger partial charge in [0.25, 0.3) is 0 Å². The minimum Gasteiger partial charge on any atom is -0.508 e. The van der Waals surface area contributed by atoms with E-state index in [-0.39, 0.29) is 51.0 Å². The third-order valence-corrected chi connectivity index (χ3v) is 11.4. The lowest BCUT2D eigenvalue weighted by molar-refractivity contribution is -0.0252. The van der Waals surface area contributed by atoms with Gasteiger partial charge in [0.1, 0.15) is 28.6 Å². The Hall–Kier alpha value is -4.11. The molecule has 5 heterocycles. The fraction of sp³-hybridized carbons (Fsp3) is 0.513. The van der Waals surface area contributed by atoms with Crippen molar-refractivity contribution in [1.29, 1.82) is 0 Å². The predicted octanol–water partition coefficient (Wildman–Crippen LogP) is 6.35. The number of pyridine rings is 1. The Morgan fingerprint density at radius 3 is 2.72 bits per heavy atom. The number of hydrogen-bond donors (Lipinski definition) is 2. The number of rotatable bonds is 7. The molecule has 1 aliphatic carbocycles. The molecule has 50 heavy (non-hydrogen) atoms. The van der Waals surface area contributed by atoms with Gasteiger partial charge in [0.15, 0.2) is 5.82 Å². The van der Waals surface area contributed by atoms with E-state index in [0.29, 0.717) is 48.7 Å². The van der Waals surface area contributed by atoms with Crippen LogP contribution < -0.4 is 9.64 Å². The van der Waals surface area contributed by atoms with Crippen molar-refractivity contribution in [1.82, 2.24) is 19.9 Å². The molecule has 262 valence electrons. The first-order valence-corrected chi connectivity index (χ1v) is 17.9. The van der Waals surface area contributed by atoms with E-state index in [9.17, 15) is 14.6 Å². The van der Waals surface area contributed by atoms with E-state index in [4.69, 9.17) is 20.9 Å². The molecule has 2 aromatic carbocycles. The lowest BCUT2D eigenvalue weighted by Gasteiger charge is -2.46. The predicted molar refractivity (Wildman–Crippen MR) is 187 cm³/mol. The summed E-state index contributed by atoms with van der Waals surface area (Å²) in [6, 6.07) is 5.94. The van der Waals surface area contributed by atoms with Crippen LogP contribution in [0.25, 0.3) is 32.9 Å². The maximum atomic E-state index is 17.0. The van der Waals surface area contributed by atoms with Gasteiger partial charge in [-0.05, 0) is 88.4 Å². The molecule has 11 heteroatoms. The number of phenolic OH excluding ortho intramolecular Hbond substituents is 1. The lowest BCUT2D eigenvalue weighted by atomic mass is 9.75. The van der Waals surface area contributed by atoms with Gasteiger partial charge in [-0.2, -0.15) is 9.97 Å². The number of aromatic hydroxyl groups is 1. The topological polar surface area (TPSA) is 104 Å². The number of hydrogen-bond acceptors (Lipinski definition) is 9. The molecule has 2 aromatic heterocycles. The average molecular weight is 684 g/mol. The van der Waals surface area contributed by atoms with E-state index >= 15 is 4.39 Å². The second kappa shape index (κ2) is 12.9. The van der Waals surface area contributed by atoms with Gasteiger partial charge in [0, 0.05) is 54.8 Å². The Kier molecular flexibility index (Phi) is 8.53. The summed E-state index contributed by atoms with van der Waals surface area (Å²) in [5.41, 5.74) is -1.07. The van der Waals surface area contributed by atoms with Crippen LogP contribution in [0.4, 0.5) is 14.6 Å². The molecule has 4 aliphatic rings. The number of β-amino-alcohol motifs (C(OH)–C–C–N with tert-alkyl or cyclic N) is 1. The van der Waals surface area contributed by atoms with Crippen molar-refractivity contribution in [3.8, 4) is 35.4 Å². The number of aromatic nitrogens is 3. The van der Waals surface area contributed by atoms with Crippen molar-refractivity contribution in [2.24, 2.45) is 5.41 Å².